The van der Waals surface area contributed by atoms with Gasteiger partial charge < -0.3 is 33.8 Å². The summed E-state index contributed by atoms with van der Waals surface area (Å²) >= 11 is 0. The number of unbranched alkanes of at least 4 members (excludes halogenated alkanes) is 43. The van der Waals surface area contributed by atoms with E-state index in [0.717, 1.165) is 109 Å². The van der Waals surface area contributed by atoms with Crippen molar-refractivity contribution in [2.45, 2.75) is 393 Å². The second-order valence-corrected chi connectivity index (χ2v) is 29.1. The smallest absolute Gasteiger partial charge is 0.462 e. The van der Waals surface area contributed by atoms with Crippen LogP contribution in [0.5, 0.6) is 0 Å². The Labute approximate surface area is 556 Å². The second-order valence-electron chi connectivity index (χ2n) is 26.2. The van der Waals surface area contributed by atoms with Gasteiger partial charge in [-0.3, -0.25) is 37.3 Å². The zero-order chi connectivity index (χ0) is 67.0. The molecule has 6 atom stereocenters. The largest absolute Gasteiger partial charge is 0.472 e. The maximum atomic E-state index is 13.0. The number of rotatable bonds is 72. The van der Waals surface area contributed by atoms with Crippen molar-refractivity contribution in [1.82, 2.24) is 0 Å². The van der Waals surface area contributed by atoms with E-state index in [1.807, 2.05) is 0 Å². The fourth-order valence-electron chi connectivity index (χ4n) is 11.0. The molecule has 0 saturated heterocycles. The zero-order valence-electron chi connectivity index (χ0n) is 59.0. The van der Waals surface area contributed by atoms with Crippen molar-refractivity contribution in [3.8, 4) is 0 Å². The van der Waals surface area contributed by atoms with E-state index in [-0.39, 0.29) is 25.7 Å². The first-order valence-corrected chi connectivity index (χ1v) is 40.7. The van der Waals surface area contributed by atoms with E-state index in [0.29, 0.717) is 25.7 Å². The molecule has 3 N–H and O–H groups in total. The molecule has 0 spiro atoms. The molecule has 0 amide bonds. The van der Waals surface area contributed by atoms with Gasteiger partial charge in [0.1, 0.15) is 19.3 Å². The summed E-state index contributed by atoms with van der Waals surface area (Å²) in [6.45, 7) is 7.26. The number of esters is 4. The first-order valence-electron chi connectivity index (χ1n) is 37.7. The van der Waals surface area contributed by atoms with Crippen LogP contribution in [0.25, 0.3) is 0 Å². The molecule has 17 nitrogen and oxygen atoms in total. The predicted molar refractivity (Wildman–Crippen MR) is 368 cm³/mol. The van der Waals surface area contributed by atoms with Crippen LogP contribution >= 0.6 is 15.6 Å². The minimum atomic E-state index is -4.95. The summed E-state index contributed by atoms with van der Waals surface area (Å²) in [6.07, 6.45) is 52.6. The van der Waals surface area contributed by atoms with Gasteiger partial charge in [-0.1, -0.05) is 324 Å². The van der Waals surface area contributed by atoms with Gasteiger partial charge in [-0.25, -0.2) is 9.13 Å². The lowest BCUT2D eigenvalue weighted by molar-refractivity contribution is -0.161. The topological polar surface area (TPSA) is 237 Å². The van der Waals surface area contributed by atoms with E-state index in [4.69, 9.17) is 37.0 Å². The van der Waals surface area contributed by atoms with Gasteiger partial charge in [0.05, 0.1) is 26.4 Å². The van der Waals surface area contributed by atoms with E-state index in [1.54, 1.807) is 0 Å². The first kappa shape index (κ1) is 89.1. The molecule has 0 aliphatic heterocycles. The molecule has 0 radical (unpaired) electrons. The third-order valence-corrected chi connectivity index (χ3v) is 19.0. The standard InChI is InChI=1S/C72H140O17P2/c1-6-10-13-16-19-21-23-25-27-28-30-32-38-43-48-53-58-72(77)89-68(62-83-70(75)56-51-46-41-36-34-33-35-40-44-49-54-65(5)9-4)64-87-91(80,81)85-60-66(73)59-84-90(78,79)86-63-67(61-82-69(74)55-50-45-39-18-15-12-8-3)88-71(76)57-52-47-42-37-31-29-26-24-22-20-17-14-11-7-2/h65-68,73H,6-64H2,1-5H3,(H,78,79)(H,80,81)/t65?,66-,67+,68+/m0/s1. The molecule has 0 saturated carbocycles. The fraction of sp³-hybridized carbons (Fsp3) is 0.944. The van der Waals surface area contributed by atoms with Crippen molar-refractivity contribution in [3.05, 3.63) is 0 Å². The Balaban J connectivity index is 5.21. The molecule has 0 rings (SSSR count). The number of phosphoric ester groups is 2. The summed E-state index contributed by atoms with van der Waals surface area (Å²) in [7, 11) is -9.90. The van der Waals surface area contributed by atoms with Gasteiger partial charge in [0.25, 0.3) is 0 Å². The van der Waals surface area contributed by atoms with Crippen molar-refractivity contribution in [2.24, 2.45) is 5.92 Å². The number of aliphatic hydroxyl groups excluding tert-OH is 1. The van der Waals surface area contributed by atoms with E-state index >= 15 is 0 Å². The second kappa shape index (κ2) is 65.4. The number of aliphatic hydroxyl groups is 1. The van der Waals surface area contributed by atoms with Crippen molar-refractivity contribution < 1.29 is 80.2 Å². The van der Waals surface area contributed by atoms with Gasteiger partial charge >= 0.3 is 39.5 Å². The highest BCUT2D eigenvalue weighted by atomic mass is 31.2. The Morgan fingerprint density at radius 3 is 0.780 bits per heavy atom. The molecule has 540 valence electrons. The number of ether oxygens (including phenoxy) is 4. The third-order valence-electron chi connectivity index (χ3n) is 17.1. The van der Waals surface area contributed by atoms with Gasteiger partial charge in [0.15, 0.2) is 12.2 Å². The molecule has 0 aromatic heterocycles. The normalized spacial score (nSPS) is 14.3. The summed E-state index contributed by atoms with van der Waals surface area (Å²) in [4.78, 5) is 72.5. The van der Waals surface area contributed by atoms with Crippen molar-refractivity contribution in [1.29, 1.82) is 0 Å². The van der Waals surface area contributed by atoms with Crippen LogP contribution < -0.4 is 0 Å². The molecule has 3 unspecified atom stereocenters. The van der Waals surface area contributed by atoms with Crippen molar-refractivity contribution >= 4 is 39.5 Å². The lowest BCUT2D eigenvalue weighted by Crippen LogP contribution is -2.30. The lowest BCUT2D eigenvalue weighted by Gasteiger charge is -2.21. The predicted octanol–water partition coefficient (Wildman–Crippen LogP) is 20.9. The molecule has 91 heavy (non-hydrogen) atoms. The summed E-state index contributed by atoms with van der Waals surface area (Å²) < 4.78 is 68.3. The van der Waals surface area contributed by atoms with Gasteiger partial charge in [-0.05, 0) is 31.6 Å². The van der Waals surface area contributed by atoms with E-state index in [9.17, 15) is 43.2 Å². The van der Waals surface area contributed by atoms with Gasteiger partial charge in [0.2, 0.25) is 0 Å². The SMILES string of the molecule is CCCCCCCCCCCCCCCCCCC(=O)O[C@H](COC(=O)CCCCCCCCCCCCC(C)CC)COP(=O)(O)OC[C@@H](O)COP(=O)(O)OC[C@@H](COC(=O)CCCCCCCCC)OC(=O)CCCCCCCCCCCCCCCC. The van der Waals surface area contributed by atoms with Crippen molar-refractivity contribution in [2.75, 3.05) is 39.6 Å². The molecular weight excluding hydrogens is 1200 g/mol. The Kier molecular flexibility index (Phi) is 64.0. The van der Waals surface area contributed by atoms with Crippen molar-refractivity contribution in [3.63, 3.8) is 0 Å². The monoisotopic (exact) mass is 1340 g/mol. The minimum Gasteiger partial charge on any atom is -0.462 e. The zero-order valence-corrected chi connectivity index (χ0v) is 60.8. The van der Waals surface area contributed by atoms with E-state index < -0.39 is 97.5 Å². The molecule has 0 aromatic carbocycles. The van der Waals surface area contributed by atoms with Crippen LogP contribution in [-0.4, -0.2) is 96.7 Å². The average molecular weight is 1340 g/mol. The highest BCUT2D eigenvalue weighted by molar-refractivity contribution is 7.47. The average Bonchev–Trinajstić information content (AvgIpc) is 3.66. The number of carbonyl (C=O) groups is 4. The Morgan fingerprint density at radius 1 is 0.308 bits per heavy atom. The maximum absolute atomic E-state index is 13.0. The lowest BCUT2D eigenvalue weighted by atomic mass is 9.99. The maximum Gasteiger partial charge on any atom is 0.472 e. The number of hydrogen-bond donors (Lipinski definition) is 3. The van der Waals surface area contributed by atoms with Crippen LogP contribution in [0.4, 0.5) is 0 Å². The molecule has 0 aliphatic rings. The van der Waals surface area contributed by atoms with Gasteiger partial charge in [0, 0.05) is 25.7 Å². The molecule has 0 aliphatic carbocycles. The summed E-state index contributed by atoms with van der Waals surface area (Å²) in [6, 6.07) is 0. The van der Waals surface area contributed by atoms with Crippen LogP contribution in [0.3, 0.4) is 0 Å². The summed E-state index contributed by atoms with van der Waals surface area (Å²) in [5.74, 6) is -1.31. The van der Waals surface area contributed by atoms with Crippen LogP contribution in [0, 0.1) is 5.92 Å². The summed E-state index contributed by atoms with van der Waals surface area (Å²) in [5.41, 5.74) is 0. The highest BCUT2D eigenvalue weighted by Crippen LogP contribution is 2.45. The molecular formula is C72H140O17P2. The summed E-state index contributed by atoms with van der Waals surface area (Å²) in [5, 5.41) is 10.6. The third kappa shape index (κ3) is 65.1. The Hall–Kier alpha value is -1.94. The minimum absolute atomic E-state index is 0.108. The van der Waals surface area contributed by atoms with Crippen LogP contribution in [-0.2, 0) is 65.4 Å². The Bertz CT molecular complexity index is 1760. The van der Waals surface area contributed by atoms with E-state index in [2.05, 4.69) is 34.6 Å². The van der Waals surface area contributed by atoms with Gasteiger partial charge in [-0.2, -0.15) is 0 Å². The number of carbonyl (C=O) groups excluding carboxylic acids is 4. The number of hydrogen-bond acceptors (Lipinski definition) is 15. The van der Waals surface area contributed by atoms with E-state index in [1.165, 1.54) is 186 Å². The molecule has 0 bridgehead atoms. The Morgan fingerprint density at radius 2 is 0.527 bits per heavy atom. The van der Waals surface area contributed by atoms with Gasteiger partial charge in [-0.15, -0.1) is 0 Å². The van der Waals surface area contributed by atoms with Crippen LogP contribution in [0.2, 0.25) is 0 Å². The van der Waals surface area contributed by atoms with Crippen LogP contribution in [0.1, 0.15) is 375 Å². The first-order chi connectivity index (χ1) is 44.1. The van der Waals surface area contributed by atoms with Crippen LogP contribution in [0.15, 0.2) is 0 Å². The molecule has 0 heterocycles. The molecule has 0 aromatic rings. The fourth-order valence-corrected chi connectivity index (χ4v) is 12.5. The highest BCUT2D eigenvalue weighted by Gasteiger charge is 2.30. The number of phosphoric acid groups is 2. The molecule has 0 fully saturated rings. The quantitative estimate of drug-likeness (QED) is 0.0222. The molecule has 19 heteroatoms.